The van der Waals surface area contributed by atoms with E-state index < -0.39 is 18.2 Å². The molecule has 3 N–H and O–H groups in total. The van der Waals surface area contributed by atoms with Crippen molar-refractivity contribution in [2.24, 2.45) is 0 Å². The maximum absolute atomic E-state index is 13.2. The Balaban J connectivity index is 4.59. The summed E-state index contributed by atoms with van der Waals surface area (Å²) in [7, 11) is 0. The van der Waals surface area contributed by atoms with Gasteiger partial charge in [0.25, 0.3) is 0 Å². The predicted molar refractivity (Wildman–Crippen MR) is 273 cm³/mol. The lowest BCUT2D eigenvalue weighted by atomic mass is 10.0. The smallest absolute Gasteiger partial charge is 0.306 e. The van der Waals surface area contributed by atoms with Crippen molar-refractivity contribution in [3.63, 3.8) is 0 Å². The van der Waals surface area contributed by atoms with Gasteiger partial charge < -0.3 is 20.3 Å². The number of nitrogens with one attached hydrogen (secondary N) is 1. The summed E-state index contributed by atoms with van der Waals surface area (Å²) < 4.78 is 5.91. The molecule has 63 heavy (non-hydrogen) atoms. The summed E-state index contributed by atoms with van der Waals surface area (Å²) in [6, 6.07) is -0.718. The summed E-state index contributed by atoms with van der Waals surface area (Å²) in [6.07, 6.45) is 62.9. The summed E-state index contributed by atoms with van der Waals surface area (Å²) in [6.45, 7) is 6.36. The quantitative estimate of drug-likeness (QED) is 0.0321. The Morgan fingerprint density at radius 2 is 0.873 bits per heavy atom. The van der Waals surface area contributed by atoms with Crippen LogP contribution in [-0.4, -0.2) is 46.9 Å². The fraction of sp³-hybridized carbons (Fsp3) is 0.789. The third-order valence-corrected chi connectivity index (χ3v) is 12.1. The molecule has 3 unspecified atom stereocenters. The van der Waals surface area contributed by atoms with E-state index in [0.29, 0.717) is 19.3 Å². The fourth-order valence-corrected chi connectivity index (χ4v) is 8.01. The molecule has 1 amide bonds. The summed E-state index contributed by atoms with van der Waals surface area (Å²) >= 11 is 0. The molecule has 0 aromatic rings. The zero-order chi connectivity index (χ0) is 45.9. The van der Waals surface area contributed by atoms with Gasteiger partial charge in [-0.05, 0) is 83.5 Å². The van der Waals surface area contributed by atoms with Crippen LogP contribution in [0.4, 0.5) is 0 Å². The molecule has 3 atom stereocenters. The Kier molecular flexibility index (Phi) is 48.6. The second-order valence-electron chi connectivity index (χ2n) is 18.2. The zero-order valence-electron chi connectivity index (χ0n) is 41.7. The Morgan fingerprint density at radius 3 is 1.35 bits per heavy atom. The maximum Gasteiger partial charge on any atom is 0.306 e. The van der Waals surface area contributed by atoms with Crippen molar-refractivity contribution in [2.75, 3.05) is 6.61 Å². The predicted octanol–water partition coefficient (Wildman–Crippen LogP) is 16.4. The fourth-order valence-electron chi connectivity index (χ4n) is 8.01. The number of aliphatic hydroxyl groups is 2. The second-order valence-corrected chi connectivity index (χ2v) is 18.2. The number of hydrogen-bond donors (Lipinski definition) is 3. The minimum Gasteiger partial charge on any atom is -0.462 e. The minimum absolute atomic E-state index is 0.0432. The van der Waals surface area contributed by atoms with Crippen molar-refractivity contribution < 1.29 is 24.5 Å². The number of ether oxygens (including phenoxy) is 1. The lowest BCUT2D eigenvalue weighted by Gasteiger charge is -2.24. The molecule has 0 fully saturated rings. The molecule has 0 aromatic carbocycles. The topological polar surface area (TPSA) is 95.9 Å². The molecule has 0 aromatic heterocycles. The number of aliphatic hydroxyl groups excluding tert-OH is 2. The van der Waals surface area contributed by atoms with Crippen LogP contribution < -0.4 is 5.32 Å². The van der Waals surface area contributed by atoms with E-state index in [4.69, 9.17) is 4.74 Å². The first-order valence-corrected chi connectivity index (χ1v) is 27.0. The van der Waals surface area contributed by atoms with Gasteiger partial charge >= 0.3 is 5.97 Å². The largest absolute Gasteiger partial charge is 0.462 e. The summed E-state index contributed by atoms with van der Waals surface area (Å²) in [4.78, 5) is 26.2. The lowest BCUT2D eigenvalue weighted by molar-refractivity contribution is -0.151. The van der Waals surface area contributed by atoms with Crippen molar-refractivity contribution in [2.45, 2.75) is 283 Å². The Bertz CT molecular complexity index is 1130. The normalized spacial score (nSPS) is 13.7. The van der Waals surface area contributed by atoms with Gasteiger partial charge in [-0.15, -0.1) is 0 Å². The zero-order valence-corrected chi connectivity index (χ0v) is 41.7. The van der Waals surface area contributed by atoms with Crippen molar-refractivity contribution in [1.82, 2.24) is 5.32 Å². The molecular formula is C57H103NO5. The Morgan fingerprint density at radius 1 is 0.476 bits per heavy atom. The van der Waals surface area contributed by atoms with Gasteiger partial charge in [-0.25, -0.2) is 0 Å². The van der Waals surface area contributed by atoms with Crippen LogP contribution in [0.15, 0.2) is 60.8 Å². The van der Waals surface area contributed by atoms with Crippen LogP contribution in [0.2, 0.25) is 0 Å². The molecule has 0 radical (unpaired) electrons. The molecule has 6 nitrogen and oxygen atoms in total. The number of unbranched alkanes of at least 4 members (excludes halogenated alkanes) is 26. The van der Waals surface area contributed by atoms with E-state index in [2.05, 4.69) is 86.8 Å². The summed E-state index contributed by atoms with van der Waals surface area (Å²) in [5, 5.41) is 23.8. The van der Waals surface area contributed by atoms with E-state index >= 15 is 0 Å². The highest BCUT2D eigenvalue weighted by molar-refractivity contribution is 5.77. The van der Waals surface area contributed by atoms with Crippen LogP contribution in [0.1, 0.15) is 265 Å². The highest BCUT2D eigenvalue weighted by Crippen LogP contribution is 2.17. The van der Waals surface area contributed by atoms with Gasteiger partial charge in [0.05, 0.1) is 25.2 Å². The van der Waals surface area contributed by atoms with E-state index in [1.54, 1.807) is 0 Å². The molecule has 0 aliphatic carbocycles. The van der Waals surface area contributed by atoms with Crippen molar-refractivity contribution in [1.29, 1.82) is 0 Å². The molecule has 0 spiro atoms. The number of amides is 1. The van der Waals surface area contributed by atoms with Crippen LogP contribution in [0.25, 0.3) is 0 Å². The number of rotatable bonds is 48. The molecule has 0 saturated heterocycles. The number of allylic oxidation sites excluding steroid dienone is 10. The molecule has 0 saturated carbocycles. The SMILES string of the molecule is CC/C=C/C/C=C/C/C=C/C/C=C/CCCCCC(=O)OC(CCC/C=C\CCCCCCCCC)CC(=O)NC(CO)C(O)CCCCCCCCCCCCCCCCCC. The average molecular weight is 882 g/mol. The Hall–Kier alpha value is -2.44. The first-order chi connectivity index (χ1) is 31.0. The van der Waals surface area contributed by atoms with Crippen LogP contribution in [0.3, 0.4) is 0 Å². The molecule has 6 heteroatoms. The van der Waals surface area contributed by atoms with Crippen LogP contribution in [0, 0.1) is 0 Å². The van der Waals surface area contributed by atoms with Crippen molar-refractivity contribution in [3.05, 3.63) is 60.8 Å². The first-order valence-electron chi connectivity index (χ1n) is 27.0. The van der Waals surface area contributed by atoms with E-state index in [9.17, 15) is 19.8 Å². The highest BCUT2D eigenvalue weighted by atomic mass is 16.5. The van der Waals surface area contributed by atoms with Gasteiger partial charge in [0.2, 0.25) is 5.91 Å². The first kappa shape index (κ1) is 60.6. The van der Waals surface area contributed by atoms with E-state index in [0.717, 1.165) is 89.9 Å². The van der Waals surface area contributed by atoms with Crippen molar-refractivity contribution in [3.8, 4) is 0 Å². The number of carbonyl (C=O) groups is 2. The minimum atomic E-state index is -0.801. The standard InChI is InChI=1S/C57H103NO5/c1-4-7-10-13-16-19-22-25-27-29-31-34-37-40-43-46-49-55(60)54(52-59)58-56(61)51-53(48-45-42-39-36-33-24-21-18-15-12-9-6-3)63-57(62)50-47-44-41-38-35-32-30-28-26-23-20-17-14-11-8-5-2/h8,11,17,20,26,28,32,35-36,39,53-55,59-60H,4-7,9-10,12-16,18-19,21-25,27,29-31,33-34,37-38,40-52H2,1-3H3,(H,58,61)/b11-8+,20-17+,28-26+,35-32+,39-36-. The van der Waals surface area contributed by atoms with E-state index in [1.165, 1.54) is 128 Å². The average Bonchev–Trinajstić information content (AvgIpc) is 3.28. The van der Waals surface area contributed by atoms with Gasteiger partial charge in [-0.1, -0.05) is 229 Å². The van der Waals surface area contributed by atoms with E-state index in [-0.39, 0.29) is 24.9 Å². The monoisotopic (exact) mass is 882 g/mol. The molecule has 366 valence electrons. The van der Waals surface area contributed by atoms with Gasteiger partial charge in [0, 0.05) is 6.42 Å². The van der Waals surface area contributed by atoms with Crippen LogP contribution >= 0.6 is 0 Å². The number of carbonyl (C=O) groups excluding carboxylic acids is 2. The molecular weight excluding hydrogens is 779 g/mol. The lowest BCUT2D eigenvalue weighted by Crippen LogP contribution is -2.46. The summed E-state index contributed by atoms with van der Waals surface area (Å²) in [5.41, 5.74) is 0. The second kappa shape index (κ2) is 50.6. The van der Waals surface area contributed by atoms with E-state index in [1.807, 2.05) is 0 Å². The van der Waals surface area contributed by atoms with Crippen LogP contribution in [-0.2, 0) is 14.3 Å². The molecule has 0 bridgehead atoms. The van der Waals surface area contributed by atoms with Crippen molar-refractivity contribution >= 4 is 11.9 Å². The third kappa shape index (κ3) is 45.9. The number of hydrogen-bond acceptors (Lipinski definition) is 5. The molecule has 0 aliphatic rings. The third-order valence-electron chi connectivity index (χ3n) is 12.1. The highest BCUT2D eigenvalue weighted by Gasteiger charge is 2.24. The number of esters is 1. The molecule has 0 aliphatic heterocycles. The summed E-state index contributed by atoms with van der Waals surface area (Å²) in [5.74, 6) is -0.536. The van der Waals surface area contributed by atoms with Crippen LogP contribution in [0.5, 0.6) is 0 Å². The Labute approximate surface area is 390 Å². The van der Waals surface area contributed by atoms with Gasteiger partial charge in [0.1, 0.15) is 6.10 Å². The molecule has 0 rings (SSSR count). The van der Waals surface area contributed by atoms with Gasteiger partial charge in [0.15, 0.2) is 0 Å². The maximum atomic E-state index is 13.2. The van der Waals surface area contributed by atoms with Gasteiger partial charge in [-0.2, -0.15) is 0 Å². The molecule has 0 heterocycles. The van der Waals surface area contributed by atoms with Gasteiger partial charge in [-0.3, -0.25) is 9.59 Å².